The first-order valence-electron chi connectivity index (χ1n) is 6.16. The number of hydrogen-bond acceptors (Lipinski definition) is 4. The van der Waals surface area contributed by atoms with Crippen LogP contribution in [0.3, 0.4) is 0 Å². The molecule has 3 aromatic rings. The Balaban J connectivity index is 1.97. The number of imidazole rings is 1. The number of ether oxygens (including phenoxy) is 2. The quantitative estimate of drug-likeness (QED) is 0.713. The van der Waals surface area contributed by atoms with E-state index in [1.165, 1.54) is 0 Å². The van der Waals surface area contributed by atoms with Gasteiger partial charge in [-0.25, -0.2) is 4.98 Å². The van der Waals surface area contributed by atoms with Crippen molar-refractivity contribution in [2.24, 2.45) is 0 Å². The first-order valence-corrected chi connectivity index (χ1v) is 7.34. The molecular weight excluding hydrogens is 358 g/mol. The molecule has 0 aliphatic carbocycles. The van der Waals surface area contributed by atoms with E-state index in [0.29, 0.717) is 28.0 Å². The molecule has 2 N–H and O–H groups in total. The van der Waals surface area contributed by atoms with Crippen molar-refractivity contribution >= 4 is 39.0 Å². The molecule has 106 valence electrons. The van der Waals surface area contributed by atoms with Crippen molar-refractivity contribution in [1.29, 1.82) is 0 Å². The van der Waals surface area contributed by atoms with Gasteiger partial charge in [0.25, 0.3) is 0 Å². The van der Waals surface area contributed by atoms with Crippen molar-refractivity contribution in [2.75, 3.05) is 12.5 Å². The highest BCUT2D eigenvalue weighted by Gasteiger charge is 2.21. The number of fused-ring (bicyclic) bond motifs is 2. The average molecular weight is 367 g/mol. The van der Waals surface area contributed by atoms with Gasteiger partial charge in [-0.05, 0) is 40.2 Å². The molecule has 5 nitrogen and oxygen atoms in total. The van der Waals surface area contributed by atoms with E-state index >= 15 is 0 Å². The van der Waals surface area contributed by atoms with Crippen LogP contribution in [-0.2, 0) is 0 Å². The largest absolute Gasteiger partial charge is 0.454 e. The molecule has 1 aliphatic heterocycles. The van der Waals surface area contributed by atoms with Crippen molar-refractivity contribution in [2.45, 2.75) is 0 Å². The Morgan fingerprint density at radius 1 is 1.33 bits per heavy atom. The number of anilines is 1. The lowest BCUT2D eigenvalue weighted by Crippen LogP contribution is -1.94. The summed E-state index contributed by atoms with van der Waals surface area (Å²) in [6.07, 6.45) is 1.86. The molecule has 0 unspecified atom stereocenters. The predicted octanol–water partition coefficient (Wildman–Crippen LogP) is 3.73. The van der Waals surface area contributed by atoms with E-state index in [2.05, 4.69) is 20.9 Å². The molecule has 0 saturated carbocycles. The van der Waals surface area contributed by atoms with Gasteiger partial charge in [0.2, 0.25) is 6.79 Å². The van der Waals surface area contributed by atoms with Gasteiger partial charge in [-0.1, -0.05) is 11.6 Å². The van der Waals surface area contributed by atoms with E-state index in [-0.39, 0.29) is 6.79 Å². The molecule has 1 aliphatic rings. The van der Waals surface area contributed by atoms with Crippen LogP contribution in [0.15, 0.2) is 34.9 Å². The Kier molecular flexibility index (Phi) is 2.77. The van der Waals surface area contributed by atoms with Crippen molar-refractivity contribution < 1.29 is 9.47 Å². The predicted molar refractivity (Wildman–Crippen MR) is 83.9 cm³/mol. The maximum atomic E-state index is 6.22. The Labute approximate surface area is 133 Å². The van der Waals surface area contributed by atoms with Gasteiger partial charge < -0.3 is 15.2 Å². The third kappa shape index (κ3) is 1.86. The third-order valence-electron chi connectivity index (χ3n) is 3.34. The molecule has 1 aromatic carbocycles. The minimum Gasteiger partial charge on any atom is -0.454 e. The number of benzene rings is 1. The van der Waals surface area contributed by atoms with E-state index in [9.17, 15) is 0 Å². The number of nitrogen functional groups attached to an aromatic ring is 1. The van der Waals surface area contributed by atoms with Crippen LogP contribution in [0.1, 0.15) is 0 Å². The van der Waals surface area contributed by atoms with Gasteiger partial charge in [-0.2, -0.15) is 0 Å². The van der Waals surface area contributed by atoms with E-state index in [4.69, 9.17) is 26.8 Å². The Bertz CT molecular complexity index is 878. The fraction of sp³-hybridized carbons (Fsp3) is 0.0714. The lowest BCUT2D eigenvalue weighted by atomic mass is 10.1. The maximum Gasteiger partial charge on any atom is 0.231 e. The van der Waals surface area contributed by atoms with Gasteiger partial charge in [0, 0.05) is 11.8 Å². The summed E-state index contributed by atoms with van der Waals surface area (Å²) in [7, 11) is 0. The standard InChI is InChI=1S/C14H9BrClN3O2/c15-8-2-1-3-19-13(17)11(18-14(8)19)7-4-9(16)12-10(5-7)20-6-21-12/h1-5H,6,17H2. The zero-order valence-electron chi connectivity index (χ0n) is 10.6. The number of rotatable bonds is 1. The number of nitrogens with two attached hydrogens (primary N) is 1. The van der Waals surface area contributed by atoms with Gasteiger partial charge in [0.1, 0.15) is 11.5 Å². The highest BCUT2D eigenvalue weighted by molar-refractivity contribution is 9.10. The molecule has 21 heavy (non-hydrogen) atoms. The molecule has 3 heterocycles. The monoisotopic (exact) mass is 365 g/mol. The molecule has 0 spiro atoms. The number of pyridine rings is 1. The highest BCUT2D eigenvalue weighted by atomic mass is 79.9. The lowest BCUT2D eigenvalue weighted by molar-refractivity contribution is 0.174. The summed E-state index contributed by atoms with van der Waals surface area (Å²) in [4.78, 5) is 4.58. The van der Waals surface area contributed by atoms with Crippen molar-refractivity contribution in [3.63, 3.8) is 0 Å². The highest BCUT2D eigenvalue weighted by Crippen LogP contribution is 2.43. The summed E-state index contributed by atoms with van der Waals surface area (Å²) >= 11 is 9.69. The average Bonchev–Trinajstić information content (AvgIpc) is 3.05. The molecule has 0 radical (unpaired) electrons. The van der Waals surface area contributed by atoms with Crippen LogP contribution >= 0.6 is 27.5 Å². The van der Waals surface area contributed by atoms with Gasteiger partial charge >= 0.3 is 0 Å². The SMILES string of the molecule is Nc1c(-c2cc(Cl)c3c(c2)OCO3)nc2c(Br)cccn12. The van der Waals surface area contributed by atoms with E-state index < -0.39 is 0 Å². The Morgan fingerprint density at radius 2 is 2.19 bits per heavy atom. The van der Waals surface area contributed by atoms with Gasteiger partial charge in [-0.15, -0.1) is 0 Å². The molecule has 7 heteroatoms. The Morgan fingerprint density at radius 3 is 3.00 bits per heavy atom. The van der Waals surface area contributed by atoms with Crippen LogP contribution in [0.4, 0.5) is 5.82 Å². The number of aromatic nitrogens is 2. The topological polar surface area (TPSA) is 61.8 Å². The summed E-state index contributed by atoms with van der Waals surface area (Å²) in [5.41, 5.74) is 8.39. The third-order valence-corrected chi connectivity index (χ3v) is 4.24. The Hall–Kier alpha value is -1.92. The molecule has 0 saturated heterocycles. The van der Waals surface area contributed by atoms with Crippen LogP contribution in [0.2, 0.25) is 5.02 Å². The first-order chi connectivity index (χ1) is 10.1. The van der Waals surface area contributed by atoms with E-state index in [1.54, 1.807) is 6.07 Å². The molecule has 0 fully saturated rings. The normalized spacial score (nSPS) is 13.0. The zero-order valence-corrected chi connectivity index (χ0v) is 13.0. The minimum atomic E-state index is 0.171. The second kappa shape index (κ2) is 4.54. The number of hydrogen-bond donors (Lipinski definition) is 1. The summed E-state index contributed by atoms with van der Waals surface area (Å²) in [5, 5.41) is 0.482. The molecule has 0 bridgehead atoms. The minimum absolute atomic E-state index is 0.171. The second-order valence-corrected chi connectivity index (χ2v) is 5.85. The molecule has 0 amide bonds. The molecule has 4 rings (SSSR count). The first kappa shape index (κ1) is 12.8. The van der Waals surface area contributed by atoms with Crippen molar-refractivity contribution in [3.05, 3.63) is 40.0 Å². The van der Waals surface area contributed by atoms with Crippen LogP contribution in [0, 0.1) is 0 Å². The summed E-state index contributed by atoms with van der Waals surface area (Å²) in [5.74, 6) is 1.71. The summed E-state index contributed by atoms with van der Waals surface area (Å²) in [6.45, 7) is 0.171. The van der Waals surface area contributed by atoms with E-state index in [0.717, 1.165) is 15.7 Å². The second-order valence-electron chi connectivity index (χ2n) is 4.59. The van der Waals surface area contributed by atoms with Crippen LogP contribution in [0.25, 0.3) is 16.9 Å². The summed E-state index contributed by atoms with van der Waals surface area (Å²) < 4.78 is 13.4. The maximum absolute atomic E-state index is 6.22. The molecule has 2 aromatic heterocycles. The lowest BCUT2D eigenvalue weighted by Gasteiger charge is -2.03. The number of halogens is 2. The smallest absolute Gasteiger partial charge is 0.231 e. The van der Waals surface area contributed by atoms with Crippen LogP contribution in [-0.4, -0.2) is 16.2 Å². The fourth-order valence-corrected chi connectivity index (χ4v) is 3.07. The molecular formula is C14H9BrClN3O2. The van der Waals surface area contributed by atoms with E-state index in [1.807, 2.05) is 28.8 Å². The van der Waals surface area contributed by atoms with Crippen molar-refractivity contribution in [1.82, 2.24) is 9.38 Å². The molecule has 0 atom stereocenters. The summed E-state index contributed by atoms with van der Waals surface area (Å²) in [6, 6.07) is 7.42. The zero-order chi connectivity index (χ0) is 14.6. The van der Waals surface area contributed by atoms with Crippen LogP contribution in [0.5, 0.6) is 11.5 Å². The van der Waals surface area contributed by atoms with Gasteiger partial charge in [-0.3, -0.25) is 4.40 Å². The number of nitrogens with zero attached hydrogens (tertiary/aromatic N) is 2. The fourth-order valence-electron chi connectivity index (χ4n) is 2.37. The van der Waals surface area contributed by atoms with Crippen LogP contribution < -0.4 is 15.2 Å². The van der Waals surface area contributed by atoms with Crippen molar-refractivity contribution in [3.8, 4) is 22.8 Å². The van der Waals surface area contributed by atoms with Gasteiger partial charge in [0.15, 0.2) is 17.1 Å². The van der Waals surface area contributed by atoms with Gasteiger partial charge in [0.05, 0.1) is 9.50 Å².